The zero-order valence-corrected chi connectivity index (χ0v) is 22.4. The van der Waals surface area contributed by atoms with Crippen LogP contribution in [0.25, 0.3) is 22.6 Å². The summed E-state index contributed by atoms with van der Waals surface area (Å²) in [6.07, 6.45) is 4.15. The number of imidazole rings is 1. The minimum Gasteiger partial charge on any atom is -0.383 e. The lowest BCUT2D eigenvalue weighted by Crippen LogP contribution is -2.47. The predicted molar refractivity (Wildman–Crippen MR) is 146 cm³/mol. The highest BCUT2D eigenvalue weighted by Gasteiger charge is 2.21. The smallest absolute Gasteiger partial charge is 0.159 e. The number of pyridine rings is 1. The third-order valence-corrected chi connectivity index (χ3v) is 7.94. The van der Waals surface area contributed by atoms with Crippen LogP contribution in [0.4, 0.5) is 11.4 Å². The number of nitrogens with one attached hydrogen (secondary N) is 2. The Morgan fingerprint density at radius 3 is 2.49 bits per heavy atom. The minimum atomic E-state index is 0.453. The van der Waals surface area contributed by atoms with E-state index in [9.17, 15) is 0 Å². The Morgan fingerprint density at radius 2 is 1.80 bits per heavy atom. The van der Waals surface area contributed by atoms with E-state index < -0.39 is 0 Å². The van der Waals surface area contributed by atoms with Crippen LogP contribution in [-0.2, 0) is 4.74 Å². The molecule has 0 saturated carbocycles. The zero-order chi connectivity index (χ0) is 24.2. The number of piperidine rings is 1. The van der Waals surface area contributed by atoms with E-state index in [-0.39, 0.29) is 0 Å². The van der Waals surface area contributed by atoms with E-state index in [4.69, 9.17) is 9.72 Å². The van der Waals surface area contributed by atoms with Gasteiger partial charge in [-0.05, 0) is 59.6 Å². The number of likely N-dealkylation sites (tertiary alicyclic amines) is 1. The molecule has 35 heavy (non-hydrogen) atoms. The maximum Gasteiger partial charge on any atom is 0.159 e. The van der Waals surface area contributed by atoms with Crippen LogP contribution in [0.15, 0.2) is 34.9 Å². The Balaban J connectivity index is 1.28. The Hall–Kier alpha value is -2.20. The standard InChI is InChI=1S/C26H36BrN7O/c1-3-32-10-8-20(9-11-32)29-23-22(27)18-28-26-24(23)30-25(31-26)19-4-6-21(7-5-19)34-14-12-33(13-15-34)16-17-35-2/h4-7,18,20H,3,8-17H2,1-2H3,(H2,28,29,30,31). The van der Waals surface area contributed by atoms with Gasteiger partial charge in [-0.3, -0.25) is 4.90 Å². The number of piperazine rings is 1. The van der Waals surface area contributed by atoms with E-state index in [1.165, 1.54) is 5.69 Å². The van der Waals surface area contributed by atoms with Crippen molar-refractivity contribution in [2.75, 3.05) is 76.3 Å². The second kappa shape index (κ2) is 11.2. The summed E-state index contributed by atoms with van der Waals surface area (Å²) in [5.41, 5.74) is 5.08. The summed E-state index contributed by atoms with van der Waals surface area (Å²) in [6, 6.07) is 9.18. The second-order valence-corrected chi connectivity index (χ2v) is 10.3. The largest absolute Gasteiger partial charge is 0.383 e. The molecule has 4 heterocycles. The molecular weight excluding hydrogens is 506 g/mol. The number of benzene rings is 1. The fraction of sp³-hybridized carbons (Fsp3) is 0.538. The molecule has 2 aromatic heterocycles. The fourth-order valence-electron chi connectivity index (χ4n) is 5.08. The van der Waals surface area contributed by atoms with Crippen molar-refractivity contribution >= 4 is 38.5 Å². The molecule has 2 aliphatic rings. The van der Waals surface area contributed by atoms with Gasteiger partial charge in [-0.15, -0.1) is 0 Å². The normalized spacial score (nSPS) is 18.4. The van der Waals surface area contributed by atoms with Gasteiger partial charge in [-0.25, -0.2) is 9.97 Å². The SMILES string of the molecule is CCN1CCC(Nc2c(Br)cnc3[nH]c(-c4ccc(N5CCN(CCOC)CC5)cc4)nc23)CC1. The number of nitrogens with zero attached hydrogens (tertiary/aromatic N) is 5. The van der Waals surface area contributed by atoms with E-state index >= 15 is 0 Å². The molecule has 9 heteroatoms. The summed E-state index contributed by atoms with van der Waals surface area (Å²) >= 11 is 3.70. The van der Waals surface area contributed by atoms with Crippen LogP contribution in [0.3, 0.4) is 0 Å². The molecule has 0 radical (unpaired) electrons. The van der Waals surface area contributed by atoms with Gasteiger partial charge in [0.25, 0.3) is 0 Å². The highest BCUT2D eigenvalue weighted by molar-refractivity contribution is 9.10. The van der Waals surface area contributed by atoms with Gasteiger partial charge in [0.15, 0.2) is 5.65 Å². The molecule has 2 N–H and O–H groups in total. The first-order valence-electron chi connectivity index (χ1n) is 12.7. The first-order chi connectivity index (χ1) is 17.1. The summed E-state index contributed by atoms with van der Waals surface area (Å²) in [5, 5.41) is 3.76. The van der Waals surface area contributed by atoms with Crippen molar-refractivity contribution in [2.24, 2.45) is 0 Å². The molecule has 0 aliphatic carbocycles. The minimum absolute atomic E-state index is 0.453. The summed E-state index contributed by atoms with van der Waals surface area (Å²) in [7, 11) is 1.77. The van der Waals surface area contributed by atoms with Crippen LogP contribution in [0.5, 0.6) is 0 Å². The average Bonchev–Trinajstić information content (AvgIpc) is 3.35. The summed E-state index contributed by atoms with van der Waals surface area (Å²) in [6.45, 7) is 11.7. The fourth-order valence-corrected chi connectivity index (χ4v) is 5.49. The summed E-state index contributed by atoms with van der Waals surface area (Å²) < 4.78 is 6.18. The van der Waals surface area contributed by atoms with Crippen molar-refractivity contribution in [3.63, 3.8) is 0 Å². The van der Waals surface area contributed by atoms with Gasteiger partial charge in [0, 0.05) is 76.4 Å². The van der Waals surface area contributed by atoms with Gasteiger partial charge in [0.2, 0.25) is 0 Å². The number of anilines is 2. The van der Waals surface area contributed by atoms with Crippen LogP contribution in [0, 0.1) is 0 Å². The number of hydrogen-bond acceptors (Lipinski definition) is 7. The van der Waals surface area contributed by atoms with Gasteiger partial charge in [-0.2, -0.15) is 0 Å². The zero-order valence-electron chi connectivity index (χ0n) is 20.8. The third kappa shape index (κ3) is 5.63. The van der Waals surface area contributed by atoms with Crippen LogP contribution < -0.4 is 10.2 Å². The number of aromatic amines is 1. The van der Waals surface area contributed by atoms with Crippen molar-refractivity contribution in [3.05, 3.63) is 34.9 Å². The highest BCUT2D eigenvalue weighted by Crippen LogP contribution is 2.33. The number of H-pyrrole nitrogens is 1. The lowest BCUT2D eigenvalue weighted by molar-refractivity contribution is 0.144. The van der Waals surface area contributed by atoms with E-state index in [0.717, 1.165) is 105 Å². The van der Waals surface area contributed by atoms with Crippen LogP contribution >= 0.6 is 15.9 Å². The molecule has 0 atom stereocenters. The molecule has 2 saturated heterocycles. The van der Waals surface area contributed by atoms with Crippen LogP contribution in [0.1, 0.15) is 19.8 Å². The molecular formula is C26H36BrN7O. The Labute approximate surface area is 216 Å². The van der Waals surface area contributed by atoms with Gasteiger partial charge in [0.1, 0.15) is 11.3 Å². The van der Waals surface area contributed by atoms with Gasteiger partial charge >= 0.3 is 0 Å². The Bertz CT molecular complexity index is 1100. The monoisotopic (exact) mass is 541 g/mol. The maximum atomic E-state index is 5.22. The van der Waals surface area contributed by atoms with E-state index in [1.54, 1.807) is 7.11 Å². The number of fused-ring (bicyclic) bond motifs is 1. The first kappa shape index (κ1) is 24.5. The number of halogens is 1. The Morgan fingerprint density at radius 1 is 1.06 bits per heavy atom. The van der Waals surface area contributed by atoms with Crippen molar-refractivity contribution in [1.82, 2.24) is 24.8 Å². The van der Waals surface area contributed by atoms with Crippen LogP contribution in [0.2, 0.25) is 0 Å². The van der Waals surface area contributed by atoms with Crippen molar-refractivity contribution in [2.45, 2.75) is 25.8 Å². The highest BCUT2D eigenvalue weighted by atomic mass is 79.9. The lowest BCUT2D eigenvalue weighted by atomic mass is 10.0. The van der Waals surface area contributed by atoms with Gasteiger partial charge in [-0.1, -0.05) is 6.92 Å². The molecule has 188 valence electrons. The number of rotatable bonds is 8. The van der Waals surface area contributed by atoms with Gasteiger partial charge < -0.3 is 24.8 Å². The summed E-state index contributed by atoms with van der Waals surface area (Å²) in [4.78, 5) is 20.4. The quantitative estimate of drug-likeness (QED) is 0.445. The molecule has 2 aliphatic heterocycles. The molecule has 2 fully saturated rings. The molecule has 3 aromatic rings. The summed E-state index contributed by atoms with van der Waals surface area (Å²) in [5.74, 6) is 0.852. The Kier molecular flexibility index (Phi) is 7.87. The third-order valence-electron chi connectivity index (χ3n) is 7.34. The second-order valence-electron chi connectivity index (χ2n) is 9.48. The van der Waals surface area contributed by atoms with E-state index in [2.05, 4.69) is 77.1 Å². The lowest BCUT2D eigenvalue weighted by Gasteiger charge is -2.36. The van der Waals surface area contributed by atoms with E-state index in [0.29, 0.717) is 6.04 Å². The number of ether oxygens (including phenoxy) is 1. The molecule has 8 nitrogen and oxygen atoms in total. The van der Waals surface area contributed by atoms with Gasteiger partial charge in [0.05, 0.1) is 16.8 Å². The molecule has 0 bridgehead atoms. The molecule has 1 aromatic carbocycles. The van der Waals surface area contributed by atoms with E-state index in [1.807, 2.05) is 6.20 Å². The predicted octanol–water partition coefficient (Wildman–Crippen LogP) is 4.05. The van der Waals surface area contributed by atoms with Crippen molar-refractivity contribution < 1.29 is 4.74 Å². The maximum absolute atomic E-state index is 5.22. The average molecular weight is 543 g/mol. The first-order valence-corrected chi connectivity index (χ1v) is 13.5. The number of hydrogen-bond donors (Lipinski definition) is 2. The molecule has 0 spiro atoms. The molecule has 0 unspecified atom stereocenters. The number of aromatic nitrogens is 3. The van der Waals surface area contributed by atoms with Crippen molar-refractivity contribution in [3.8, 4) is 11.4 Å². The topological polar surface area (TPSA) is 72.6 Å². The number of methoxy groups -OCH3 is 1. The molecule has 0 amide bonds. The molecule has 5 rings (SSSR count). The van der Waals surface area contributed by atoms with Crippen LogP contribution in [-0.4, -0.2) is 96.9 Å². The van der Waals surface area contributed by atoms with Crippen molar-refractivity contribution in [1.29, 1.82) is 0 Å².